The van der Waals surface area contributed by atoms with Crippen LogP contribution in [0.25, 0.3) is 0 Å². The van der Waals surface area contributed by atoms with E-state index in [9.17, 15) is 4.79 Å². The molecule has 1 heterocycles. The molecule has 1 amide bonds. The molecule has 1 fully saturated rings. The molecule has 4 nitrogen and oxygen atoms in total. The third kappa shape index (κ3) is 1.21. The highest BCUT2D eigenvalue weighted by Gasteiger charge is 2.26. The Morgan fingerprint density at radius 1 is 1.80 bits per heavy atom. The van der Waals surface area contributed by atoms with E-state index in [4.69, 9.17) is 9.47 Å². The van der Waals surface area contributed by atoms with Crippen LogP contribution in [0.4, 0.5) is 4.79 Å². The van der Waals surface area contributed by atoms with Crippen LogP contribution in [0.1, 0.15) is 6.92 Å². The van der Waals surface area contributed by atoms with Gasteiger partial charge < -0.3 is 9.47 Å². The minimum Gasteiger partial charge on any atom is -0.447 e. The molecule has 0 radical (unpaired) electrons. The van der Waals surface area contributed by atoms with Gasteiger partial charge in [0.05, 0.1) is 6.54 Å². The van der Waals surface area contributed by atoms with Crippen molar-refractivity contribution in [1.82, 2.24) is 4.90 Å². The van der Waals surface area contributed by atoms with E-state index in [2.05, 4.69) is 0 Å². The minimum atomic E-state index is -0.283. The molecule has 1 saturated heterocycles. The van der Waals surface area contributed by atoms with E-state index in [1.807, 2.05) is 6.92 Å². The van der Waals surface area contributed by atoms with Gasteiger partial charge in [-0.25, -0.2) is 4.79 Å². The van der Waals surface area contributed by atoms with Gasteiger partial charge in [-0.15, -0.1) is 0 Å². The monoisotopic (exact) mass is 145 g/mol. The minimum absolute atomic E-state index is 0.171. The number of carbonyl (C=O) groups is 1. The molecule has 0 aromatic carbocycles. The summed E-state index contributed by atoms with van der Waals surface area (Å²) in [5.74, 6) is 0. The molecule has 1 atom stereocenters. The topological polar surface area (TPSA) is 38.8 Å². The first-order chi connectivity index (χ1) is 4.75. The van der Waals surface area contributed by atoms with E-state index in [1.54, 1.807) is 12.0 Å². The first-order valence-electron chi connectivity index (χ1n) is 3.22. The summed E-state index contributed by atoms with van der Waals surface area (Å²) in [5.41, 5.74) is 0. The highest BCUT2D eigenvalue weighted by molar-refractivity contribution is 5.69. The van der Waals surface area contributed by atoms with Crippen LogP contribution >= 0.6 is 0 Å². The Balaban J connectivity index is 2.46. The molecule has 58 valence electrons. The van der Waals surface area contributed by atoms with Crippen molar-refractivity contribution in [2.75, 3.05) is 20.3 Å². The van der Waals surface area contributed by atoms with Crippen LogP contribution in [-0.4, -0.2) is 37.5 Å². The summed E-state index contributed by atoms with van der Waals surface area (Å²) in [6.07, 6.45) is -0.454. The number of cyclic esters (lactones) is 1. The molecular formula is C6H11NO3. The number of hydrogen-bond donors (Lipinski definition) is 0. The van der Waals surface area contributed by atoms with E-state index in [1.165, 1.54) is 0 Å². The van der Waals surface area contributed by atoms with Crippen molar-refractivity contribution in [3.05, 3.63) is 0 Å². The predicted octanol–water partition coefficient (Wildman–Crippen LogP) is 0.431. The average molecular weight is 145 g/mol. The van der Waals surface area contributed by atoms with Gasteiger partial charge in [-0.2, -0.15) is 0 Å². The third-order valence-electron chi connectivity index (χ3n) is 1.57. The lowest BCUT2D eigenvalue weighted by Crippen LogP contribution is -2.34. The molecule has 1 aliphatic rings. The van der Waals surface area contributed by atoms with Crippen molar-refractivity contribution < 1.29 is 14.3 Å². The number of rotatable bonds is 2. The number of ether oxygens (including phenoxy) is 2. The molecule has 0 aromatic heterocycles. The summed E-state index contributed by atoms with van der Waals surface area (Å²) in [6, 6.07) is 0. The SMILES string of the molecule is CO[C@H](C)N1CCOC1=O. The highest BCUT2D eigenvalue weighted by Crippen LogP contribution is 2.07. The van der Waals surface area contributed by atoms with Crippen molar-refractivity contribution in [2.45, 2.75) is 13.2 Å². The second kappa shape index (κ2) is 2.88. The van der Waals surface area contributed by atoms with Crippen LogP contribution in [-0.2, 0) is 9.47 Å². The van der Waals surface area contributed by atoms with E-state index in [-0.39, 0.29) is 12.3 Å². The molecule has 0 bridgehead atoms. The lowest BCUT2D eigenvalue weighted by molar-refractivity contribution is 0.0118. The largest absolute Gasteiger partial charge is 0.447 e. The Morgan fingerprint density at radius 3 is 2.90 bits per heavy atom. The fraction of sp³-hybridized carbons (Fsp3) is 0.833. The average Bonchev–Trinajstić information content (AvgIpc) is 2.34. The van der Waals surface area contributed by atoms with Gasteiger partial charge in [-0.1, -0.05) is 0 Å². The molecule has 0 aromatic rings. The zero-order chi connectivity index (χ0) is 7.56. The zero-order valence-corrected chi connectivity index (χ0v) is 6.16. The number of methoxy groups -OCH3 is 1. The number of hydrogen-bond acceptors (Lipinski definition) is 3. The Labute approximate surface area is 59.7 Å². The summed E-state index contributed by atoms with van der Waals surface area (Å²) in [5, 5.41) is 0. The summed E-state index contributed by atoms with van der Waals surface area (Å²) in [4.78, 5) is 12.3. The van der Waals surface area contributed by atoms with Gasteiger partial charge in [0.1, 0.15) is 12.8 Å². The molecular weight excluding hydrogens is 134 g/mol. The molecule has 0 aliphatic carbocycles. The summed E-state index contributed by atoms with van der Waals surface area (Å²) in [6.45, 7) is 2.92. The lowest BCUT2D eigenvalue weighted by Gasteiger charge is -2.19. The standard InChI is InChI=1S/C6H11NO3/c1-5(9-2)7-3-4-10-6(7)8/h5H,3-4H2,1-2H3/t5-/m1/s1. The second-order valence-electron chi connectivity index (χ2n) is 2.14. The number of carbonyl (C=O) groups excluding carboxylic acids is 1. The van der Waals surface area contributed by atoms with Crippen molar-refractivity contribution >= 4 is 6.09 Å². The van der Waals surface area contributed by atoms with Crippen molar-refractivity contribution in [2.24, 2.45) is 0 Å². The first kappa shape index (κ1) is 7.34. The van der Waals surface area contributed by atoms with Gasteiger partial charge >= 0.3 is 6.09 Å². The van der Waals surface area contributed by atoms with Gasteiger partial charge in [0.2, 0.25) is 0 Å². The van der Waals surface area contributed by atoms with Crippen molar-refractivity contribution in [3.63, 3.8) is 0 Å². The normalized spacial score (nSPS) is 21.0. The predicted molar refractivity (Wildman–Crippen MR) is 34.5 cm³/mol. The number of amides is 1. The summed E-state index contributed by atoms with van der Waals surface area (Å²) >= 11 is 0. The molecule has 1 rings (SSSR count). The van der Waals surface area contributed by atoms with Gasteiger partial charge in [0.15, 0.2) is 0 Å². The second-order valence-corrected chi connectivity index (χ2v) is 2.14. The molecule has 0 N–H and O–H groups in total. The van der Waals surface area contributed by atoms with Gasteiger partial charge in [-0.3, -0.25) is 4.90 Å². The maximum atomic E-state index is 10.8. The van der Waals surface area contributed by atoms with Crippen LogP contribution < -0.4 is 0 Å². The molecule has 10 heavy (non-hydrogen) atoms. The van der Waals surface area contributed by atoms with E-state index in [0.717, 1.165) is 0 Å². The van der Waals surface area contributed by atoms with Gasteiger partial charge in [-0.05, 0) is 6.92 Å². The van der Waals surface area contributed by atoms with E-state index >= 15 is 0 Å². The summed E-state index contributed by atoms with van der Waals surface area (Å²) in [7, 11) is 1.57. The Kier molecular flexibility index (Phi) is 2.11. The van der Waals surface area contributed by atoms with Crippen LogP contribution in [0.2, 0.25) is 0 Å². The highest BCUT2D eigenvalue weighted by atomic mass is 16.6. The van der Waals surface area contributed by atoms with Gasteiger partial charge in [0.25, 0.3) is 0 Å². The summed E-state index contributed by atoms with van der Waals surface area (Å²) < 4.78 is 9.62. The van der Waals surface area contributed by atoms with E-state index < -0.39 is 0 Å². The molecule has 0 saturated carbocycles. The maximum Gasteiger partial charge on any atom is 0.412 e. The lowest BCUT2D eigenvalue weighted by atomic mass is 10.5. The Morgan fingerprint density at radius 2 is 2.50 bits per heavy atom. The van der Waals surface area contributed by atoms with Crippen molar-refractivity contribution in [1.29, 1.82) is 0 Å². The fourth-order valence-corrected chi connectivity index (χ4v) is 0.863. The first-order valence-corrected chi connectivity index (χ1v) is 3.22. The Hall–Kier alpha value is -0.770. The maximum absolute atomic E-state index is 10.8. The molecule has 0 unspecified atom stereocenters. The van der Waals surface area contributed by atoms with Crippen molar-refractivity contribution in [3.8, 4) is 0 Å². The van der Waals surface area contributed by atoms with E-state index in [0.29, 0.717) is 13.2 Å². The molecule has 0 spiro atoms. The Bertz CT molecular complexity index is 137. The van der Waals surface area contributed by atoms with Crippen LogP contribution in [0.15, 0.2) is 0 Å². The molecule has 4 heteroatoms. The quantitative estimate of drug-likeness (QED) is 0.565. The van der Waals surface area contributed by atoms with Crippen LogP contribution in [0, 0.1) is 0 Å². The van der Waals surface area contributed by atoms with Gasteiger partial charge in [0, 0.05) is 7.11 Å². The third-order valence-corrected chi connectivity index (χ3v) is 1.57. The smallest absolute Gasteiger partial charge is 0.412 e. The number of nitrogens with zero attached hydrogens (tertiary/aromatic N) is 1. The van der Waals surface area contributed by atoms with Crippen LogP contribution in [0.3, 0.4) is 0 Å². The zero-order valence-electron chi connectivity index (χ0n) is 6.16. The van der Waals surface area contributed by atoms with Crippen LogP contribution in [0.5, 0.6) is 0 Å². The fourth-order valence-electron chi connectivity index (χ4n) is 0.863. The molecule has 1 aliphatic heterocycles.